The molecule has 6 heterocycles. The number of aromatic carboxylic acids is 1. The monoisotopic (exact) mass is 728 g/mol. The first-order valence-electron chi connectivity index (χ1n) is 16.6. The van der Waals surface area contributed by atoms with Gasteiger partial charge in [-0.25, -0.2) is 24.5 Å². The summed E-state index contributed by atoms with van der Waals surface area (Å²) in [7, 11) is 2.06. The molecule has 6 rings (SSSR count). The van der Waals surface area contributed by atoms with Gasteiger partial charge in [0.05, 0.1) is 5.39 Å². The number of amides is 2. The third-order valence-electron chi connectivity index (χ3n) is 9.23. The van der Waals surface area contributed by atoms with Gasteiger partial charge in [-0.05, 0) is 45.0 Å². The van der Waals surface area contributed by atoms with Crippen LogP contribution in [0.5, 0.6) is 0 Å². The number of hydrogen-bond donors (Lipinski definition) is 4. The number of carboxylic acids is 1. The lowest BCUT2D eigenvalue weighted by molar-refractivity contribution is -0.140. The van der Waals surface area contributed by atoms with E-state index in [4.69, 9.17) is 10.7 Å². The number of fused-ring (bicyclic) bond motifs is 1. The van der Waals surface area contributed by atoms with Gasteiger partial charge in [0.1, 0.15) is 27.9 Å². The molecule has 4 aromatic heterocycles. The Morgan fingerprint density at radius 2 is 1.84 bits per heavy atom. The highest BCUT2D eigenvalue weighted by Crippen LogP contribution is 2.42. The second kappa shape index (κ2) is 14.9. The van der Waals surface area contributed by atoms with Crippen LogP contribution in [0.15, 0.2) is 34.7 Å². The molecule has 4 aromatic rings. The third-order valence-corrected chi connectivity index (χ3v) is 10.1. The lowest BCUT2D eigenvalue weighted by Crippen LogP contribution is -2.45. The van der Waals surface area contributed by atoms with E-state index in [1.54, 1.807) is 17.6 Å². The summed E-state index contributed by atoms with van der Waals surface area (Å²) in [6.45, 7) is 8.03. The van der Waals surface area contributed by atoms with Crippen molar-refractivity contribution in [3.8, 4) is 21.7 Å². The Labute approximate surface area is 295 Å². The van der Waals surface area contributed by atoms with Crippen molar-refractivity contribution < 1.29 is 27.9 Å². The summed E-state index contributed by atoms with van der Waals surface area (Å²) < 4.78 is 42.9. The normalized spacial score (nSPS) is 17.3. The average molecular weight is 729 g/mol. The van der Waals surface area contributed by atoms with E-state index in [1.165, 1.54) is 18.5 Å². The number of aromatic nitrogens is 4. The number of rotatable bonds is 10. The number of piperazine rings is 1. The SMILES string of the molecule is CCNC(=O)Nc1cc(-c2nc(C(F)(F)F)cs2)c(-c2cc3c(=O)c(C(=O)O)cn(CCN4CCN(C)CC4)c3nc2N2CC[C@@H](CN)C2)cn1. The number of hydrogen-bond acceptors (Lipinski definition) is 11. The quantitative estimate of drug-likeness (QED) is 0.188. The molecule has 2 aliphatic rings. The Morgan fingerprint density at radius 3 is 2.49 bits per heavy atom. The minimum absolute atomic E-state index is 0.00477. The molecule has 18 heteroatoms. The predicted molar refractivity (Wildman–Crippen MR) is 188 cm³/mol. The van der Waals surface area contributed by atoms with Crippen LogP contribution < -0.4 is 26.7 Å². The molecule has 51 heavy (non-hydrogen) atoms. The zero-order chi connectivity index (χ0) is 36.4. The predicted octanol–water partition coefficient (Wildman–Crippen LogP) is 3.47. The largest absolute Gasteiger partial charge is 0.477 e. The number of carbonyl (C=O) groups is 2. The van der Waals surface area contributed by atoms with Crippen LogP contribution in [-0.4, -0.2) is 112 Å². The molecular weight excluding hydrogens is 689 g/mol. The Morgan fingerprint density at radius 1 is 1.08 bits per heavy atom. The van der Waals surface area contributed by atoms with Crippen LogP contribution in [0.2, 0.25) is 0 Å². The molecule has 5 N–H and O–H groups in total. The molecule has 2 amide bonds. The number of alkyl halides is 3. The van der Waals surface area contributed by atoms with Crippen molar-refractivity contribution in [1.29, 1.82) is 0 Å². The fraction of sp³-hybridized carbons (Fsp3) is 0.455. The fourth-order valence-electron chi connectivity index (χ4n) is 6.37. The number of pyridine rings is 3. The van der Waals surface area contributed by atoms with Gasteiger partial charge in [0, 0.05) is 93.4 Å². The van der Waals surface area contributed by atoms with Gasteiger partial charge < -0.3 is 30.5 Å². The zero-order valence-corrected chi connectivity index (χ0v) is 29.0. The Balaban J connectivity index is 1.56. The Bertz CT molecular complexity index is 1990. The van der Waals surface area contributed by atoms with E-state index in [-0.39, 0.29) is 33.3 Å². The highest BCUT2D eigenvalue weighted by atomic mass is 32.1. The molecule has 0 saturated carbocycles. The second-order valence-electron chi connectivity index (χ2n) is 12.7. The van der Waals surface area contributed by atoms with Crippen LogP contribution >= 0.6 is 11.3 Å². The second-order valence-corrected chi connectivity index (χ2v) is 13.6. The number of halogens is 3. The van der Waals surface area contributed by atoms with Crippen LogP contribution in [0.25, 0.3) is 32.7 Å². The van der Waals surface area contributed by atoms with Gasteiger partial charge in [0.2, 0.25) is 5.43 Å². The number of carbonyl (C=O) groups excluding carboxylic acids is 1. The maximum absolute atomic E-state index is 13.8. The average Bonchev–Trinajstić information content (AvgIpc) is 3.79. The molecule has 0 aliphatic carbocycles. The van der Waals surface area contributed by atoms with Gasteiger partial charge in [-0.15, -0.1) is 11.3 Å². The highest BCUT2D eigenvalue weighted by Gasteiger charge is 2.35. The first-order chi connectivity index (χ1) is 24.4. The maximum Gasteiger partial charge on any atom is 0.434 e. The molecule has 2 saturated heterocycles. The van der Waals surface area contributed by atoms with Crippen molar-refractivity contribution in [3.63, 3.8) is 0 Å². The minimum Gasteiger partial charge on any atom is -0.477 e. The van der Waals surface area contributed by atoms with Gasteiger partial charge in [-0.3, -0.25) is 15.0 Å². The molecule has 0 unspecified atom stereocenters. The van der Waals surface area contributed by atoms with Crippen LogP contribution in [0.1, 0.15) is 29.4 Å². The zero-order valence-electron chi connectivity index (χ0n) is 28.2. The fourth-order valence-corrected chi connectivity index (χ4v) is 7.22. The number of nitrogens with zero attached hydrogens (tertiary/aromatic N) is 7. The summed E-state index contributed by atoms with van der Waals surface area (Å²) >= 11 is 0.765. The van der Waals surface area contributed by atoms with Crippen molar-refractivity contribution in [2.75, 3.05) is 76.2 Å². The van der Waals surface area contributed by atoms with Gasteiger partial charge >= 0.3 is 18.2 Å². The molecule has 2 aliphatic heterocycles. The first kappa shape index (κ1) is 36.2. The van der Waals surface area contributed by atoms with Crippen LogP contribution in [-0.2, 0) is 12.7 Å². The summed E-state index contributed by atoms with van der Waals surface area (Å²) in [5.41, 5.74) is 4.91. The maximum atomic E-state index is 13.8. The molecular formula is C33H39F3N10O4S. The molecule has 1 atom stereocenters. The summed E-state index contributed by atoms with van der Waals surface area (Å²) in [6, 6.07) is 2.41. The Kier molecular flexibility index (Phi) is 10.6. The first-order valence-corrected chi connectivity index (χ1v) is 17.5. The lowest BCUT2D eigenvalue weighted by Gasteiger charge is -2.32. The Hall–Kier alpha value is -4.65. The number of nitrogens with two attached hydrogens (primary N) is 1. The van der Waals surface area contributed by atoms with Crippen molar-refractivity contribution >= 4 is 46.0 Å². The number of thiazole rings is 1. The molecule has 272 valence electrons. The number of nitrogens with one attached hydrogen (secondary N) is 2. The van der Waals surface area contributed by atoms with E-state index in [1.807, 2.05) is 4.90 Å². The van der Waals surface area contributed by atoms with E-state index in [0.717, 1.165) is 49.3 Å². The standard InChI is InChI=1S/C33H39F3N10O4S/c1-3-38-32(50)41-26-13-21(30-40-25(18-51-30)33(34,35)36)23(15-39-26)20-12-22-27(47)24(31(48)49)17-46(11-10-44-8-6-43(2)7-9-44)29(22)42-28(20)45-5-4-19(14-37)16-45/h12-13,15,17-19H,3-11,14,16,37H2,1-2H3,(H,48,49)(H2,38,39,41,50)/t19-/m0/s1. The smallest absolute Gasteiger partial charge is 0.434 e. The van der Waals surface area contributed by atoms with E-state index >= 15 is 0 Å². The van der Waals surface area contributed by atoms with Crippen molar-refractivity contribution in [2.24, 2.45) is 11.7 Å². The van der Waals surface area contributed by atoms with Crippen molar-refractivity contribution in [2.45, 2.75) is 26.1 Å². The number of urea groups is 1. The molecule has 0 spiro atoms. The molecule has 0 radical (unpaired) electrons. The summed E-state index contributed by atoms with van der Waals surface area (Å²) in [5, 5.41) is 16.2. The molecule has 2 fully saturated rings. The number of likely N-dealkylation sites (N-methyl/N-ethyl adjacent to an activating group) is 1. The van der Waals surface area contributed by atoms with Gasteiger partial charge in [-0.2, -0.15) is 13.2 Å². The van der Waals surface area contributed by atoms with Crippen LogP contribution in [0.3, 0.4) is 0 Å². The van der Waals surface area contributed by atoms with Gasteiger partial charge in [0.25, 0.3) is 0 Å². The summed E-state index contributed by atoms with van der Waals surface area (Å²) in [4.78, 5) is 58.3. The number of anilines is 2. The molecule has 14 nitrogen and oxygen atoms in total. The minimum atomic E-state index is -4.70. The van der Waals surface area contributed by atoms with E-state index in [9.17, 15) is 32.7 Å². The third kappa shape index (κ3) is 7.83. The topological polar surface area (TPSA) is 175 Å². The van der Waals surface area contributed by atoms with Gasteiger partial charge in [-0.1, -0.05) is 0 Å². The van der Waals surface area contributed by atoms with Crippen LogP contribution in [0, 0.1) is 5.92 Å². The van der Waals surface area contributed by atoms with E-state index in [2.05, 4.69) is 37.4 Å². The van der Waals surface area contributed by atoms with E-state index < -0.39 is 34.9 Å². The highest BCUT2D eigenvalue weighted by molar-refractivity contribution is 7.13. The van der Waals surface area contributed by atoms with Gasteiger partial charge in [0.15, 0.2) is 5.69 Å². The van der Waals surface area contributed by atoms with E-state index in [0.29, 0.717) is 56.2 Å². The number of carboxylic acid groups (broad SMARTS) is 1. The molecule has 0 aromatic carbocycles. The summed E-state index contributed by atoms with van der Waals surface area (Å²) in [6.07, 6.45) is -1.21. The molecule has 0 bridgehead atoms. The van der Waals surface area contributed by atoms with Crippen molar-refractivity contribution in [1.82, 2.24) is 34.6 Å². The summed E-state index contributed by atoms with van der Waals surface area (Å²) in [5.74, 6) is -0.743. The lowest BCUT2D eigenvalue weighted by atomic mass is 10.00. The van der Waals surface area contributed by atoms with Crippen molar-refractivity contribution in [3.05, 3.63) is 51.4 Å². The van der Waals surface area contributed by atoms with Crippen LogP contribution in [0.4, 0.5) is 29.6 Å².